The minimum Gasteiger partial charge on any atom is -0.497 e. The van der Waals surface area contributed by atoms with Gasteiger partial charge in [0.2, 0.25) is 0 Å². The molecule has 0 aliphatic carbocycles. The standard InChI is InChI=1S/C8H11NO2.C5H5N/c1-10-6-3-4-8(11-2)7(9)5-6;1-2-4-6-5-3-1/h3-5H,9H2,1-2H3;1-5H. The molecule has 2 N–H and O–H groups in total. The van der Waals surface area contributed by atoms with Crippen molar-refractivity contribution in [3.05, 3.63) is 48.8 Å². The topological polar surface area (TPSA) is 57.4 Å². The van der Waals surface area contributed by atoms with E-state index in [1.807, 2.05) is 18.2 Å². The van der Waals surface area contributed by atoms with Crippen LogP contribution in [-0.4, -0.2) is 19.2 Å². The fourth-order valence-corrected chi connectivity index (χ4v) is 1.15. The molecule has 17 heavy (non-hydrogen) atoms. The molecule has 0 aliphatic heterocycles. The first-order chi connectivity index (χ1) is 8.27. The van der Waals surface area contributed by atoms with Crippen LogP contribution in [0.3, 0.4) is 0 Å². The molecule has 4 heteroatoms. The quantitative estimate of drug-likeness (QED) is 0.807. The molecular formula is C13H16N2O2. The van der Waals surface area contributed by atoms with Crippen molar-refractivity contribution in [2.45, 2.75) is 0 Å². The third-order valence-electron chi connectivity index (χ3n) is 2.00. The van der Waals surface area contributed by atoms with Crippen molar-refractivity contribution in [1.29, 1.82) is 0 Å². The van der Waals surface area contributed by atoms with Gasteiger partial charge in [-0.2, -0.15) is 0 Å². The van der Waals surface area contributed by atoms with Crippen LogP contribution in [0.5, 0.6) is 11.5 Å². The number of benzene rings is 1. The Kier molecular flexibility index (Phi) is 5.37. The number of methoxy groups -OCH3 is 2. The molecule has 1 aromatic carbocycles. The molecule has 2 rings (SSSR count). The number of nitrogens with zero attached hydrogens (tertiary/aromatic N) is 1. The highest BCUT2D eigenvalue weighted by molar-refractivity contribution is 5.55. The summed E-state index contributed by atoms with van der Waals surface area (Å²) >= 11 is 0. The molecule has 0 spiro atoms. The molecule has 1 heterocycles. The summed E-state index contributed by atoms with van der Waals surface area (Å²) in [6.45, 7) is 0. The van der Waals surface area contributed by atoms with Gasteiger partial charge in [-0.1, -0.05) is 6.07 Å². The fourth-order valence-electron chi connectivity index (χ4n) is 1.15. The Bertz CT molecular complexity index is 406. The van der Waals surface area contributed by atoms with Gasteiger partial charge in [-0.25, -0.2) is 0 Å². The number of aromatic nitrogens is 1. The van der Waals surface area contributed by atoms with Crippen LogP contribution in [0.2, 0.25) is 0 Å². The molecule has 0 atom stereocenters. The van der Waals surface area contributed by atoms with Gasteiger partial charge in [-0.3, -0.25) is 4.98 Å². The van der Waals surface area contributed by atoms with Gasteiger partial charge in [0.1, 0.15) is 11.5 Å². The van der Waals surface area contributed by atoms with E-state index in [0.29, 0.717) is 11.4 Å². The van der Waals surface area contributed by atoms with Gasteiger partial charge in [0.05, 0.1) is 19.9 Å². The van der Waals surface area contributed by atoms with Crippen LogP contribution < -0.4 is 15.2 Å². The predicted molar refractivity (Wildman–Crippen MR) is 68.2 cm³/mol. The predicted octanol–water partition coefficient (Wildman–Crippen LogP) is 2.37. The molecule has 0 radical (unpaired) electrons. The maximum atomic E-state index is 5.60. The van der Waals surface area contributed by atoms with Crippen LogP contribution in [-0.2, 0) is 0 Å². The lowest BCUT2D eigenvalue weighted by Crippen LogP contribution is -1.92. The minimum atomic E-state index is 0.590. The van der Waals surface area contributed by atoms with E-state index in [4.69, 9.17) is 15.2 Å². The second-order valence-electron chi connectivity index (χ2n) is 3.13. The van der Waals surface area contributed by atoms with Gasteiger partial charge in [0.15, 0.2) is 0 Å². The summed E-state index contributed by atoms with van der Waals surface area (Å²) in [6.07, 6.45) is 3.50. The van der Waals surface area contributed by atoms with E-state index in [1.165, 1.54) is 0 Å². The summed E-state index contributed by atoms with van der Waals surface area (Å²) in [6, 6.07) is 11.0. The Balaban J connectivity index is 0.000000202. The lowest BCUT2D eigenvalue weighted by Gasteiger charge is -2.05. The molecule has 0 amide bonds. The number of anilines is 1. The van der Waals surface area contributed by atoms with E-state index in [0.717, 1.165) is 5.75 Å². The summed E-state index contributed by atoms with van der Waals surface area (Å²) in [7, 11) is 3.18. The second-order valence-corrected chi connectivity index (χ2v) is 3.13. The Labute approximate surface area is 101 Å². The van der Waals surface area contributed by atoms with Crippen molar-refractivity contribution in [2.75, 3.05) is 20.0 Å². The highest BCUT2D eigenvalue weighted by Crippen LogP contribution is 2.25. The Hall–Kier alpha value is -2.23. The SMILES string of the molecule is COc1ccc(OC)c(N)c1.c1ccncc1. The van der Waals surface area contributed by atoms with Crippen molar-refractivity contribution in [1.82, 2.24) is 4.98 Å². The average Bonchev–Trinajstić information content (AvgIpc) is 2.41. The van der Waals surface area contributed by atoms with Gasteiger partial charge in [0.25, 0.3) is 0 Å². The zero-order valence-electron chi connectivity index (χ0n) is 9.96. The fraction of sp³-hybridized carbons (Fsp3) is 0.154. The molecule has 2 aromatic rings. The Morgan fingerprint density at radius 1 is 1.00 bits per heavy atom. The number of nitrogen functional groups attached to an aromatic ring is 1. The molecule has 0 bridgehead atoms. The molecule has 0 unspecified atom stereocenters. The number of pyridine rings is 1. The lowest BCUT2D eigenvalue weighted by molar-refractivity contribution is 0.405. The maximum absolute atomic E-state index is 5.60. The van der Waals surface area contributed by atoms with Crippen LogP contribution in [0.1, 0.15) is 0 Å². The smallest absolute Gasteiger partial charge is 0.142 e. The van der Waals surface area contributed by atoms with Crippen molar-refractivity contribution < 1.29 is 9.47 Å². The molecule has 0 saturated heterocycles. The number of rotatable bonds is 2. The van der Waals surface area contributed by atoms with E-state index in [1.54, 1.807) is 44.8 Å². The van der Waals surface area contributed by atoms with Crippen LogP contribution in [0.25, 0.3) is 0 Å². The lowest BCUT2D eigenvalue weighted by atomic mass is 10.3. The van der Waals surface area contributed by atoms with Crippen molar-refractivity contribution in [3.8, 4) is 11.5 Å². The Morgan fingerprint density at radius 3 is 2.06 bits per heavy atom. The van der Waals surface area contributed by atoms with E-state index < -0.39 is 0 Å². The first-order valence-electron chi connectivity index (χ1n) is 5.10. The second kappa shape index (κ2) is 7.11. The summed E-state index contributed by atoms with van der Waals surface area (Å²) in [5.41, 5.74) is 6.19. The monoisotopic (exact) mass is 232 g/mol. The summed E-state index contributed by atoms with van der Waals surface area (Å²) in [5, 5.41) is 0. The number of nitrogens with two attached hydrogens (primary N) is 1. The first kappa shape index (κ1) is 12.8. The zero-order valence-corrected chi connectivity index (χ0v) is 9.96. The molecule has 1 aromatic heterocycles. The highest BCUT2D eigenvalue weighted by Gasteiger charge is 1.98. The molecule has 4 nitrogen and oxygen atoms in total. The highest BCUT2D eigenvalue weighted by atomic mass is 16.5. The third kappa shape index (κ3) is 4.42. The van der Waals surface area contributed by atoms with Gasteiger partial charge in [-0.15, -0.1) is 0 Å². The minimum absolute atomic E-state index is 0.590. The molecule has 0 saturated carbocycles. The van der Waals surface area contributed by atoms with Gasteiger partial charge in [0, 0.05) is 18.5 Å². The first-order valence-corrected chi connectivity index (χ1v) is 5.10. The molecule has 0 aliphatic rings. The molecule has 0 fully saturated rings. The van der Waals surface area contributed by atoms with Crippen LogP contribution >= 0.6 is 0 Å². The van der Waals surface area contributed by atoms with Crippen LogP contribution in [0.15, 0.2) is 48.8 Å². The van der Waals surface area contributed by atoms with Crippen molar-refractivity contribution in [3.63, 3.8) is 0 Å². The summed E-state index contributed by atoms with van der Waals surface area (Å²) < 4.78 is 9.92. The maximum Gasteiger partial charge on any atom is 0.142 e. The number of ether oxygens (including phenoxy) is 2. The van der Waals surface area contributed by atoms with Crippen LogP contribution in [0, 0.1) is 0 Å². The van der Waals surface area contributed by atoms with E-state index >= 15 is 0 Å². The van der Waals surface area contributed by atoms with Gasteiger partial charge < -0.3 is 15.2 Å². The number of hydrogen-bond donors (Lipinski definition) is 1. The summed E-state index contributed by atoms with van der Waals surface area (Å²) in [5.74, 6) is 1.41. The van der Waals surface area contributed by atoms with Gasteiger partial charge >= 0.3 is 0 Å². The zero-order chi connectivity index (χ0) is 12.5. The largest absolute Gasteiger partial charge is 0.497 e. The third-order valence-corrected chi connectivity index (χ3v) is 2.00. The average molecular weight is 232 g/mol. The van der Waals surface area contributed by atoms with Gasteiger partial charge in [-0.05, 0) is 24.3 Å². The van der Waals surface area contributed by atoms with Crippen LogP contribution in [0.4, 0.5) is 5.69 Å². The van der Waals surface area contributed by atoms with Crippen molar-refractivity contribution >= 4 is 5.69 Å². The Morgan fingerprint density at radius 2 is 1.71 bits per heavy atom. The van der Waals surface area contributed by atoms with Crippen molar-refractivity contribution in [2.24, 2.45) is 0 Å². The molecular weight excluding hydrogens is 216 g/mol. The van der Waals surface area contributed by atoms with E-state index in [-0.39, 0.29) is 0 Å². The normalized spacial score (nSPS) is 8.82. The number of hydrogen-bond acceptors (Lipinski definition) is 4. The summed E-state index contributed by atoms with van der Waals surface area (Å²) in [4.78, 5) is 3.78. The van der Waals surface area contributed by atoms with E-state index in [2.05, 4.69) is 4.98 Å². The van der Waals surface area contributed by atoms with E-state index in [9.17, 15) is 0 Å². The molecule has 90 valence electrons.